The molecule has 0 heterocycles. The molecule has 0 atom stereocenters. The van der Waals surface area contributed by atoms with Crippen LogP contribution in [0.15, 0.2) is 16.9 Å². The Morgan fingerprint density at radius 2 is 2.20 bits per heavy atom. The largest absolute Gasteiger partial charge is 0.386 e. The van der Waals surface area contributed by atoms with Gasteiger partial charge in [-0.25, -0.2) is 0 Å². The molecule has 0 rings (SSSR count). The minimum absolute atomic E-state index is 0.542. The molecule has 3 heteroatoms. The molecule has 0 aliphatic carbocycles. The molecule has 0 aromatic carbocycles. The number of nitrogens with one attached hydrogen (secondary N) is 1. The summed E-state index contributed by atoms with van der Waals surface area (Å²) in [5.74, 6) is 0.542. The van der Waals surface area contributed by atoms with Gasteiger partial charge in [0.15, 0.2) is 0 Å². The van der Waals surface area contributed by atoms with Gasteiger partial charge in [0.1, 0.15) is 5.84 Å². The molecular weight excluding hydrogens is 126 g/mol. The van der Waals surface area contributed by atoms with Crippen LogP contribution in [0.1, 0.15) is 27.2 Å². The number of rotatable bonds is 3. The van der Waals surface area contributed by atoms with Crippen molar-refractivity contribution in [2.75, 3.05) is 0 Å². The standard InChI is InChI=1S/C7H15N3/c1-4-6(2)5-9-10-7(3)8/h5,9H,4H2,1-3H3,(H2,8,10)/b6-5+. The van der Waals surface area contributed by atoms with Crippen LogP contribution in [0.5, 0.6) is 0 Å². The fraction of sp³-hybridized carbons (Fsp3) is 0.571. The van der Waals surface area contributed by atoms with Gasteiger partial charge in [-0.1, -0.05) is 12.5 Å². The Labute approximate surface area is 62.0 Å². The van der Waals surface area contributed by atoms with Gasteiger partial charge in [0, 0.05) is 6.20 Å². The maximum absolute atomic E-state index is 5.28. The molecular formula is C7H15N3. The van der Waals surface area contributed by atoms with Crippen molar-refractivity contribution < 1.29 is 0 Å². The molecule has 0 unspecified atom stereocenters. The molecule has 3 N–H and O–H groups in total. The lowest BCUT2D eigenvalue weighted by atomic mass is 10.3. The van der Waals surface area contributed by atoms with E-state index in [1.54, 1.807) is 6.92 Å². The van der Waals surface area contributed by atoms with Crippen LogP contribution in [0.3, 0.4) is 0 Å². The molecule has 0 aromatic rings. The molecule has 58 valence electrons. The van der Waals surface area contributed by atoms with E-state index in [1.165, 1.54) is 5.57 Å². The van der Waals surface area contributed by atoms with Crippen LogP contribution in [0.25, 0.3) is 0 Å². The average molecular weight is 141 g/mol. The smallest absolute Gasteiger partial charge is 0.116 e. The number of nitrogens with zero attached hydrogens (tertiary/aromatic N) is 1. The number of amidine groups is 1. The summed E-state index contributed by atoms with van der Waals surface area (Å²) in [6.07, 6.45) is 2.88. The van der Waals surface area contributed by atoms with E-state index in [1.807, 2.05) is 13.1 Å². The predicted octanol–water partition coefficient (Wildman–Crippen LogP) is 1.18. The SMILES string of the molecule is CC/C(C)=C/N/N=C(/C)N. The van der Waals surface area contributed by atoms with E-state index in [-0.39, 0.29) is 0 Å². The van der Waals surface area contributed by atoms with Gasteiger partial charge in [0.05, 0.1) is 0 Å². The van der Waals surface area contributed by atoms with Crippen LogP contribution in [-0.4, -0.2) is 5.84 Å². The van der Waals surface area contributed by atoms with Gasteiger partial charge in [-0.05, 0) is 20.3 Å². The molecule has 0 amide bonds. The lowest BCUT2D eigenvalue weighted by Gasteiger charge is -1.94. The number of hydrogen-bond donors (Lipinski definition) is 2. The Kier molecular flexibility index (Phi) is 4.37. The van der Waals surface area contributed by atoms with Crippen LogP contribution in [-0.2, 0) is 0 Å². The van der Waals surface area contributed by atoms with Crippen molar-refractivity contribution in [2.24, 2.45) is 10.8 Å². The summed E-state index contributed by atoms with van der Waals surface area (Å²) in [7, 11) is 0. The first-order valence-corrected chi connectivity index (χ1v) is 3.37. The number of nitrogens with two attached hydrogens (primary N) is 1. The summed E-state index contributed by atoms with van der Waals surface area (Å²) >= 11 is 0. The summed E-state index contributed by atoms with van der Waals surface area (Å²) in [5, 5.41) is 3.78. The molecule has 0 bridgehead atoms. The maximum atomic E-state index is 5.28. The summed E-state index contributed by atoms with van der Waals surface area (Å²) in [6.45, 7) is 5.86. The third kappa shape index (κ3) is 5.15. The van der Waals surface area contributed by atoms with E-state index < -0.39 is 0 Å². The first-order valence-electron chi connectivity index (χ1n) is 3.37. The first kappa shape index (κ1) is 9.01. The van der Waals surface area contributed by atoms with Crippen molar-refractivity contribution in [2.45, 2.75) is 27.2 Å². The van der Waals surface area contributed by atoms with Crippen LogP contribution in [0.4, 0.5) is 0 Å². The lowest BCUT2D eigenvalue weighted by Crippen LogP contribution is -2.10. The van der Waals surface area contributed by atoms with Gasteiger partial charge in [0.25, 0.3) is 0 Å². The van der Waals surface area contributed by atoms with Gasteiger partial charge >= 0.3 is 0 Å². The van der Waals surface area contributed by atoms with Crippen LogP contribution >= 0.6 is 0 Å². The Morgan fingerprint density at radius 1 is 1.60 bits per heavy atom. The zero-order valence-electron chi connectivity index (χ0n) is 6.81. The molecule has 0 radical (unpaired) electrons. The van der Waals surface area contributed by atoms with Gasteiger partial charge in [-0.2, -0.15) is 5.10 Å². The van der Waals surface area contributed by atoms with Crippen molar-refractivity contribution in [3.05, 3.63) is 11.8 Å². The Hall–Kier alpha value is -0.990. The number of hydrogen-bond acceptors (Lipinski definition) is 2. The van der Waals surface area contributed by atoms with Crippen molar-refractivity contribution in [3.63, 3.8) is 0 Å². The van der Waals surface area contributed by atoms with E-state index >= 15 is 0 Å². The molecule has 0 aliphatic rings. The van der Waals surface area contributed by atoms with Crippen LogP contribution in [0, 0.1) is 0 Å². The second-order valence-corrected chi connectivity index (χ2v) is 2.23. The Bertz CT molecular complexity index is 143. The topological polar surface area (TPSA) is 50.4 Å². The van der Waals surface area contributed by atoms with Gasteiger partial charge in [-0.15, -0.1) is 0 Å². The normalized spacial score (nSPS) is 13.5. The van der Waals surface area contributed by atoms with Gasteiger partial charge in [-0.3, -0.25) is 5.43 Å². The third-order valence-electron chi connectivity index (χ3n) is 1.11. The molecule has 0 spiro atoms. The van der Waals surface area contributed by atoms with Crippen molar-refractivity contribution in [1.82, 2.24) is 5.43 Å². The number of hydrazone groups is 1. The third-order valence-corrected chi connectivity index (χ3v) is 1.11. The maximum Gasteiger partial charge on any atom is 0.116 e. The Morgan fingerprint density at radius 3 is 2.60 bits per heavy atom. The van der Waals surface area contributed by atoms with E-state index in [0.29, 0.717) is 5.84 Å². The van der Waals surface area contributed by atoms with Crippen LogP contribution < -0.4 is 11.2 Å². The average Bonchev–Trinajstić information content (AvgIpc) is 1.87. The summed E-state index contributed by atoms with van der Waals surface area (Å²) < 4.78 is 0. The fourth-order valence-electron chi connectivity index (χ4n) is 0.346. The molecule has 10 heavy (non-hydrogen) atoms. The molecule has 0 saturated heterocycles. The quantitative estimate of drug-likeness (QED) is 0.352. The summed E-state index contributed by atoms with van der Waals surface area (Å²) in [4.78, 5) is 0. The Balaban J connectivity index is 3.63. The minimum atomic E-state index is 0.542. The summed E-state index contributed by atoms with van der Waals surface area (Å²) in [6, 6.07) is 0. The summed E-state index contributed by atoms with van der Waals surface area (Å²) in [5.41, 5.74) is 9.27. The van der Waals surface area contributed by atoms with Crippen molar-refractivity contribution in [1.29, 1.82) is 0 Å². The highest BCUT2D eigenvalue weighted by Crippen LogP contribution is 1.93. The highest BCUT2D eigenvalue weighted by atomic mass is 15.3. The monoisotopic (exact) mass is 141 g/mol. The van der Waals surface area contributed by atoms with Gasteiger partial charge in [0.2, 0.25) is 0 Å². The van der Waals surface area contributed by atoms with Crippen molar-refractivity contribution >= 4 is 5.84 Å². The van der Waals surface area contributed by atoms with E-state index in [2.05, 4.69) is 17.5 Å². The molecule has 0 aromatic heterocycles. The molecule has 0 saturated carbocycles. The highest BCUT2D eigenvalue weighted by Gasteiger charge is 1.80. The van der Waals surface area contributed by atoms with Gasteiger partial charge < -0.3 is 5.73 Å². The van der Waals surface area contributed by atoms with E-state index in [4.69, 9.17) is 5.73 Å². The minimum Gasteiger partial charge on any atom is -0.386 e. The first-order chi connectivity index (χ1) is 4.66. The second kappa shape index (κ2) is 4.85. The molecule has 0 aliphatic heterocycles. The molecule has 3 nitrogen and oxygen atoms in total. The van der Waals surface area contributed by atoms with E-state index in [9.17, 15) is 0 Å². The lowest BCUT2D eigenvalue weighted by molar-refractivity contribution is 0.924. The fourth-order valence-corrected chi connectivity index (χ4v) is 0.346. The van der Waals surface area contributed by atoms with Crippen molar-refractivity contribution in [3.8, 4) is 0 Å². The molecule has 0 fully saturated rings. The zero-order chi connectivity index (χ0) is 7.98. The van der Waals surface area contributed by atoms with E-state index in [0.717, 1.165) is 6.42 Å². The predicted molar refractivity (Wildman–Crippen MR) is 44.5 cm³/mol. The highest BCUT2D eigenvalue weighted by molar-refractivity contribution is 5.77. The number of allylic oxidation sites excluding steroid dienone is 1. The van der Waals surface area contributed by atoms with Crippen LogP contribution in [0.2, 0.25) is 0 Å². The zero-order valence-corrected chi connectivity index (χ0v) is 6.81. The second-order valence-electron chi connectivity index (χ2n) is 2.23.